The molecule has 0 fully saturated rings. The van der Waals surface area contributed by atoms with E-state index in [1.807, 2.05) is 25.3 Å². The fraction of sp³-hybridized carbons (Fsp3) is 0.429. The number of carbonyl (C=O) groups excluding carboxylic acids is 1. The monoisotopic (exact) mass is 277 g/mol. The lowest BCUT2D eigenvalue weighted by molar-refractivity contribution is 0.102. The maximum atomic E-state index is 12.1. The molecule has 2 N–H and O–H groups in total. The molecule has 0 aromatic carbocycles. The van der Waals surface area contributed by atoms with Gasteiger partial charge in [0.15, 0.2) is 5.82 Å². The predicted molar refractivity (Wildman–Crippen MR) is 78.9 cm³/mol. The lowest BCUT2D eigenvalue weighted by Crippen LogP contribution is -2.12. The topological polar surface area (TPSA) is 57.8 Å². The number of hydrogen-bond acceptors (Lipinski definition) is 3. The summed E-state index contributed by atoms with van der Waals surface area (Å²) in [5.41, 5.74) is 2.82. The molecule has 0 unspecified atom stereocenters. The molecule has 2 rings (SSSR count). The van der Waals surface area contributed by atoms with Gasteiger partial charge in [0.25, 0.3) is 5.91 Å². The van der Waals surface area contributed by atoms with Crippen molar-refractivity contribution in [2.45, 2.75) is 34.1 Å². The molecule has 0 saturated carbocycles. The molecule has 0 saturated heterocycles. The van der Waals surface area contributed by atoms with E-state index in [-0.39, 0.29) is 5.91 Å². The highest BCUT2D eigenvalue weighted by Crippen LogP contribution is 2.21. The molecule has 19 heavy (non-hydrogen) atoms. The normalized spacial score (nSPS) is 11.0. The van der Waals surface area contributed by atoms with Crippen molar-refractivity contribution in [3.63, 3.8) is 0 Å². The standard InChI is InChI=1S/C14H19N3OS/c1-8(2)5-11-6-13(17-16-11)15-14(18)12-7-19-10(4)9(12)3/h6-8H,5H2,1-4H3,(H2,15,16,17,18). The van der Waals surface area contributed by atoms with E-state index >= 15 is 0 Å². The van der Waals surface area contributed by atoms with Crippen LogP contribution in [0.1, 0.15) is 40.3 Å². The van der Waals surface area contributed by atoms with Gasteiger partial charge in [0.05, 0.1) is 5.56 Å². The molecule has 2 heterocycles. The summed E-state index contributed by atoms with van der Waals surface area (Å²) >= 11 is 1.59. The van der Waals surface area contributed by atoms with Gasteiger partial charge < -0.3 is 5.32 Å². The zero-order valence-electron chi connectivity index (χ0n) is 11.7. The molecule has 0 aliphatic heterocycles. The highest BCUT2D eigenvalue weighted by atomic mass is 32.1. The number of anilines is 1. The van der Waals surface area contributed by atoms with Crippen molar-refractivity contribution >= 4 is 23.1 Å². The summed E-state index contributed by atoms with van der Waals surface area (Å²) in [5.74, 6) is 1.05. The Morgan fingerprint density at radius 1 is 1.47 bits per heavy atom. The summed E-state index contributed by atoms with van der Waals surface area (Å²) < 4.78 is 0. The Kier molecular flexibility index (Phi) is 4.04. The minimum absolute atomic E-state index is 0.0931. The summed E-state index contributed by atoms with van der Waals surface area (Å²) in [6, 6.07) is 1.90. The maximum Gasteiger partial charge on any atom is 0.257 e. The highest BCUT2D eigenvalue weighted by molar-refractivity contribution is 7.10. The number of H-pyrrole nitrogens is 1. The third kappa shape index (κ3) is 3.23. The Hall–Kier alpha value is -1.62. The van der Waals surface area contributed by atoms with E-state index in [1.165, 1.54) is 4.88 Å². The number of amides is 1. The second-order valence-electron chi connectivity index (χ2n) is 5.16. The van der Waals surface area contributed by atoms with Crippen molar-refractivity contribution in [1.29, 1.82) is 0 Å². The van der Waals surface area contributed by atoms with Crippen LogP contribution in [0.2, 0.25) is 0 Å². The third-order valence-corrected chi connectivity index (χ3v) is 4.04. The molecular formula is C14H19N3OS. The van der Waals surface area contributed by atoms with Crippen molar-refractivity contribution in [1.82, 2.24) is 10.2 Å². The molecule has 2 aromatic rings. The first-order valence-electron chi connectivity index (χ1n) is 6.37. The summed E-state index contributed by atoms with van der Waals surface area (Å²) in [7, 11) is 0. The number of hydrogen-bond donors (Lipinski definition) is 2. The summed E-state index contributed by atoms with van der Waals surface area (Å²) in [6.45, 7) is 8.29. The largest absolute Gasteiger partial charge is 0.305 e. The van der Waals surface area contributed by atoms with Gasteiger partial charge in [-0.15, -0.1) is 11.3 Å². The number of aromatic amines is 1. The summed E-state index contributed by atoms with van der Waals surface area (Å²) in [5, 5.41) is 11.8. The molecule has 0 aliphatic rings. The molecule has 5 heteroatoms. The van der Waals surface area contributed by atoms with Crippen LogP contribution in [0.3, 0.4) is 0 Å². The molecule has 102 valence electrons. The fourth-order valence-electron chi connectivity index (χ4n) is 1.89. The smallest absolute Gasteiger partial charge is 0.257 e. The molecule has 0 bridgehead atoms. The Bertz CT molecular complexity index is 583. The van der Waals surface area contributed by atoms with Crippen molar-refractivity contribution in [3.8, 4) is 0 Å². The molecular weight excluding hydrogens is 258 g/mol. The van der Waals surface area contributed by atoms with Gasteiger partial charge in [-0.2, -0.15) is 5.10 Å². The van der Waals surface area contributed by atoms with E-state index in [0.717, 1.165) is 23.2 Å². The molecule has 0 atom stereocenters. The second kappa shape index (κ2) is 5.57. The number of aryl methyl sites for hydroxylation is 1. The zero-order chi connectivity index (χ0) is 14.0. The van der Waals surface area contributed by atoms with Crippen LogP contribution in [0.4, 0.5) is 5.82 Å². The van der Waals surface area contributed by atoms with Crippen LogP contribution in [0.5, 0.6) is 0 Å². The van der Waals surface area contributed by atoms with Crippen LogP contribution >= 0.6 is 11.3 Å². The van der Waals surface area contributed by atoms with Crippen LogP contribution in [0, 0.1) is 19.8 Å². The van der Waals surface area contributed by atoms with Crippen molar-refractivity contribution in [2.75, 3.05) is 5.32 Å². The van der Waals surface area contributed by atoms with Gasteiger partial charge in [-0.1, -0.05) is 13.8 Å². The van der Waals surface area contributed by atoms with Gasteiger partial charge in [-0.25, -0.2) is 0 Å². The van der Waals surface area contributed by atoms with Gasteiger partial charge in [0, 0.05) is 22.0 Å². The Balaban J connectivity index is 2.07. The number of rotatable bonds is 4. The summed E-state index contributed by atoms with van der Waals surface area (Å²) in [6.07, 6.45) is 0.930. The van der Waals surface area contributed by atoms with E-state index in [0.29, 0.717) is 11.7 Å². The molecule has 0 radical (unpaired) electrons. The zero-order valence-corrected chi connectivity index (χ0v) is 12.5. The van der Waals surface area contributed by atoms with E-state index < -0.39 is 0 Å². The Morgan fingerprint density at radius 3 is 2.79 bits per heavy atom. The van der Waals surface area contributed by atoms with Gasteiger partial charge >= 0.3 is 0 Å². The number of thiophene rings is 1. The van der Waals surface area contributed by atoms with Crippen LogP contribution in [-0.4, -0.2) is 16.1 Å². The summed E-state index contributed by atoms with van der Waals surface area (Å²) in [4.78, 5) is 13.3. The number of carbonyl (C=O) groups is 1. The lowest BCUT2D eigenvalue weighted by atomic mass is 10.1. The van der Waals surface area contributed by atoms with Gasteiger partial charge in [0.2, 0.25) is 0 Å². The molecule has 1 amide bonds. The Labute approximate surface area is 117 Å². The fourth-order valence-corrected chi connectivity index (χ4v) is 2.76. The number of nitrogens with zero attached hydrogens (tertiary/aromatic N) is 1. The second-order valence-corrected chi connectivity index (χ2v) is 6.24. The number of nitrogens with one attached hydrogen (secondary N) is 2. The van der Waals surface area contributed by atoms with Crippen LogP contribution in [0.15, 0.2) is 11.4 Å². The van der Waals surface area contributed by atoms with E-state index in [4.69, 9.17) is 0 Å². The quantitative estimate of drug-likeness (QED) is 0.898. The third-order valence-electron chi connectivity index (χ3n) is 3.03. The van der Waals surface area contributed by atoms with Gasteiger partial charge in [0.1, 0.15) is 0 Å². The highest BCUT2D eigenvalue weighted by Gasteiger charge is 2.14. The average molecular weight is 277 g/mol. The SMILES string of the molecule is Cc1scc(C(=O)Nc2cc(CC(C)C)[nH]n2)c1C. The van der Waals surface area contributed by atoms with Crippen molar-refractivity contribution < 1.29 is 4.79 Å². The first-order chi connectivity index (χ1) is 8.97. The van der Waals surface area contributed by atoms with Crippen molar-refractivity contribution in [2.24, 2.45) is 5.92 Å². The molecule has 2 aromatic heterocycles. The molecule has 0 aliphatic carbocycles. The van der Waals surface area contributed by atoms with Gasteiger partial charge in [-0.3, -0.25) is 9.89 Å². The van der Waals surface area contributed by atoms with Crippen molar-refractivity contribution in [3.05, 3.63) is 33.1 Å². The van der Waals surface area contributed by atoms with Gasteiger partial charge in [-0.05, 0) is 31.7 Å². The molecule has 4 nitrogen and oxygen atoms in total. The minimum atomic E-state index is -0.0931. The Morgan fingerprint density at radius 2 is 2.21 bits per heavy atom. The average Bonchev–Trinajstić information content (AvgIpc) is 2.87. The van der Waals surface area contributed by atoms with Crippen LogP contribution in [-0.2, 0) is 6.42 Å². The predicted octanol–water partition coefficient (Wildman–Crippen LogP) is 3.54. The first-order valence-corrected chi connectivity index (χ1v) is 7.25. The number of aromatic nitrogens is 2. The lowest BCUT2D eigenvalue weighted by Gasteiger charge is -2.01. The maximum absolute atomic E-state index is 12.1. The van der Waals surface area contributed by atoms with Crippen LogP contribution < -0.4 is 5.32 Å². The molecule has 0 spiro atoms. The van der Waals surface area contributed by atoms with E-state index in [2.05, 4.69) is 29.4 Å². The van der Waals surface area contributed by atoms with E-state index in [1.54, 1.807) is 11.3 Å². The minimum Gasteiger partial charge on any atom is -0.305 e. The first kappa shape index (κ1) is 13.8. The van der Waals surface area contributed by atoms with Crippen LogP contribution in [0.25, 0.3) is 0 Å². The van der Waals surface area contributed by atoms with E-state index in [9.17, 15) is 4.79 Å².